The second-order valence-electron chi connectivity index (χ2n) is 9.50. The van der Waals surface area contributed by atoms with Crippen LogP contribution in [-0.2, 0) is 24.7 Å². The molecule has 0 radical (unpaired) electrons. The summed E-state index contributed by atoms with van der Waals surface area (Å²) in [5.41, 5.74) is -6.87. The van der Waals surface area contributed by atoms with Crippen molar-refractivity contribution in [2.45, 2.75) is 24.7 Å². The smallest absolute Gasteiger partial charge is 0.166 e. The Morgan fingerprint density at radius 2 is 0.591 bits per heavy atom. The molecular formula is C30H20F12P2. The summed E-state index contributed by atoms with van der Waals surface area (Å²) in [7, 11) is -3.96. The van der Waals surface area contributed by atoms with E-state index in [1.807, 2.05) is 0 Å². The van der Waals surface area contributed by atoms with E-state index in [4.69, 9.17) is 0 Å². The SMILES string of the molecule is FC(F)(F)c1cc(P(CCP(c2ccccc2)c2ccccc2)c2cc(C(F)(F)F)cc(C(F)(F)F)c2)cc(C(F)(F)F)c1. The molecule has 0 fully saturated rings. The van der Waals surface area contributed by atoms with Crippen molar-refractivity contribution in [1.82, 2.24) is 0 Å². The highest BCUT2D eigenvalue weighted by molar-refractivity contribution is 7.76. The van der Waals surface area contributed by atoms with Crippen molar-refractivity contribution < 1.29 is 52.7 Å². The zero-order valence-electron chi connectivity index (χ0n) is 22.1. The number of alkyl halides is 12. The Labute approximate surface area is 246 Å². The third-order valence-electron chi connectivity index (χ3n) is 6.45. The third-order valence-corrected chi connectivity index (χ3v) is 11.8. The molecule has 0 aromatic heterocycles. The summed E-state index contributed by atoms with van der Waals surface area (Å²) >= 11 is 0. The molecule has 0 heterocycles. The van der Waals surface area contributed by atoms with Gasteiger partial charge in [0.25, 0.3) is 0 Å². The summed E-state index contributed by atoms with van der Waals surface area (Å²) in [6, 6.07) is 18.5. The van der Waals surface area contributed by atoms with Gasteiger partial charge in [-0.2, -0.15) is 52.7 Å². The van der Waals surface area contributed by atoms with E-state index in [9.17, 15) is 52.7 Å². The zero-order valence-corrected chi connectivity index (χ0v) is 23.9. The topological polar surface area (TPSA) is 0 Å². The molecular weight excluding hydrogens is 650 g/mol. The van der Waals surface area contributed by atoms with Crippen LogP contribution in [0.25, 0.3) is 0 Å². The Balaban J connectivity index is 1.95. The van der Waals surface area contributed by atoms with E-state index in [0.29, 0.717) is 24.3 Å². The van der Waals surface area contributed by atoms with Crippen molar-refractivity contribution in [3.05, 3.63) is 119 Å². The van der Waals surface area contributed by atoms with Gasteiger partial charge in [-0.3, -0.25) is 0 Å². The fourth-order valence-corrected chi connectivity index (χ4v) is 9.89. The largest absolute Gasteiger partial charge is 0.416 e. The summed E-state index contributed by atoms with van der Waals surface area (Å²) < 4.78 is 165. The van der Waals surface area contributed by atoms with Gasteiger partial charge in [0.15, 0.2) is 0 Å². The molecule has 0 spiro atoms. The van der Waals surface area contributed by atoms with E-state index in [0.717, 1.165) is 10.6 Å². The van der Waals surface area contributed by atoms with Crippen molar-refractivity contribution in [3.8, 4) is 0 Å². The van der Waals surface area contributed by atoms with Gasteiger partial charge >= 0.3 is 24.7 Å². The summed E-state index contributed by atoms with van der Waals surface area (Å²) in [6.45, 7) is 0. The van der Waals surface area contributed by atoms with Crippen molar-refractivity contribution >= 4 is 37.1 Å². The molecule has 0 bridgehead atoms. The monoisotopic (exact) mass is 670 g/mol. The van der Waals surface area contributed by atoms with Crippen molar-refractivity contribution in [2.75, 3.05) is 12.3 Å². The fraction of sp³-hybridized carbons (Fsp3) is 0.200. The number of benzene rings is 4. The van der Waals surface area contributed by atoms with Crippen LogP contribution in [0.4, 0.5) is 52.7 Å². The van der Waals surface area contributed by atoms with E-state index >= 15 is 0 Å². The molecule has 0 unspecified atom stereocenters. The van der Waals surface area contributed by atoms with Crippen LogP contribution in [0.3, 0.4) is 0 Å². The molecule has 0 aliphatic carbocycles. The van der Waals surface area contributed by atoms with Crippen LogP contribution in [0.1, 0.15) is 22.3 Å². The third kappa shape index (κ3) is 8.33. The lowest BCUT2D eigenvalue weighted by Gasteiger charge is -2.26. The quantitative estimate of drug-likeness (QED) is 0.136. The van der Waals surface area contributed by atoms with Gasteiger partial charge in [-0.1, -0.05) is 60.7 Å². The summed E-state index contributed by atoms with van der Waals surface area (Å²) in [5, 5.41) is 0.212. The predicted octanol–water partition coefficient (Wildman–Crippen LogP) is 9.33. The Bertz CT molecular complexity index is 1380. The molecule has 0 amide bonds. The first-order chi connectivity index (χ1) is 20.3. The van der Waals surface area contributed by atoms with Gasteiger partial charge in [-0.05, 0) is 85.8 Å². The molecule has 0 nitrogen and oxygen atoms in total. The second-order valence-corrected chi connectivity index (χ2v) is 14.2. The van der Waals surface area contributed by atoms with Crippen LogP contribution in [0.15, 0.2) is 97.1 Å². The Kier molecular flexibility index (Phi) is 9.77. The minimum absolute atomic E-state index is 0.0459. The zero-order chi connectivity index (χ0) is 32.5. The van der Waals surface area contributed by atoms with E-state index in [1.165, 1.54) is 0 Å². The lowest BCUT2D eigenvalue weighted by molar-refractivity contribution is -0.144. The molecule has 4 aromatic rings. The van der Waals surface area contributed by atoms with Gasteiger partial charge in [0.1, 0.15) is 0 Å². The van der Waals surface area contributed by atoms with Crippen LogP contribution in [0.5, 0.6) is 0 Å². The minimum atomic E-state index is -5.28. The molecule has 4 aromatic carbocycles. The molecule has 0 saturated heterocycles. The highest BCUT2D eigenvalue weighted by Gasteiger charge is 2.40. The molecule has 0 N–H and O–H groups in total. The maximum atomic E-state index is 13.7. The van der Waals surface area contributed by atoms with E-state index in [-0.39, 0.29) is 24.5 Å². The Hall–Kier alpha value is -3.10. The standard InChI is InChI=1S/C30H20F12P2/c31-27(32,33)19-13-20(28(34,35)36)16-25(15-19)44(26-17-21(29(37,38)39)14-22(18-26)30(40,41)42)12-11-43(23-7-3-1-4-8-23)24-9-5-2-6-10-24/h1-10,13-18H,11-12H2. The van der Waals surface area contributed by atoms with Gasteiger partial charge in [-0.15, -0.1) is 0 Å². The van der Waals surface area contributed by atoms with E-state index < -0.39 is 73.4 Å². The summed E-state index contributed by atoms with van der Waals surface area (Å²) in [4.78, 5) is 0. The molecule has 0 saturated carbocycles. The van der Waals surface area contributed by atoms with Crippen molar-refractivity contribution in [3.63, 3.8) is 0 Å². The minimum Gasteiger partial charge on any atom is -0.166 e. The maximum absolute atomic E-state index is 13.7. The van der Waals surface area contributed by atoms with Gasteiger partial charge in [-0.25, -0.2) is 0 Å². The lowest BCUT2D eigenvalue weighted by atomic mass is 10.1. The number of rotatable bonds is 7. The first kappa shape index (κ1) is 33.8. The van der Waals surface area contributed by atoms with E-state index in [1.54, 1.807) is 60.7 Å². The second kappa shape index (κ2) is 12.7. The van der Waals surface area contributed by atoms with Gasteiger partial charge in [0.2, 0.25) is 0 Å². The normalized spacial score (nSPS) is 13.1. The maximum Gasteiger partial charge on any atom is 0.416 e. The van der Waals surface area contributed by atoms with Crippen LogP contribution >= 0.6 is 15.8 Å². The first-order valence-electron chi connectivity index (χ1n) is 12.6. The molecule has 44 heavy (non-hydrogen) atoms. The average molecular weight is 670 g/mol. The van der Waals surface area contributed by atoms with Crippen molar-refractivity contribution in [1.29, 1.82) is 0 Å². The molecule has 0 atom stereocenters. The summed E-state index contributed by atoms with van der Waals surface area (Å²) in [6.07, 6.45) is -21.4. The van der Waals surface area contributed by atoms with Crippen LogP contribution in [-0.4, -0.2) is 12.3 Å². The highest BCUT2D eigenvalue weighted by atomic mass is 31.1. The Morgan fingerprint density at radius 1 is 0.341 bits per heavy atom. The first-order valence-corrected chi connectivity index (χ1v) is 15.6. The Morgan fingerprint density at radius 3 is 0.841 bits per heavy atom. The fourth-order valence-electron chi connectivity index (χ4n) is 4.42. The van der Waals surface area contributed by atoms with Crippen LogP contribution in [0, 0.1) is 0 Å². The molecule has 234 valence electrons. The predicted molar refractivity (Wildman–Crippen MR) is 148 cm³/mol. The average Bonchev–Trinajstić information content (AvgIpc) is 2.94. The number of hydrogen-bond donors (Lipinski definition) is 0. The van der Waals surface area contributed by atoms with Gasteiger partial charge in [0, 0.05) is 0 Å². The van der Waals surface area contributed by atoms with Crippen LogP contribution in [0.2, 0.25) is 0 Å². The molecule has 4 rings (SSSR count). The van der Waals surface area contributed by atoms with Crippen LogP contribution < -0.4 is 21.2 Å². The summed E-state index contributed by atoms with van der Waals surface area (Å²) in [5.74, 6) is 0. The number of hydrogen-bond acceptors (Lipinski definition) is 0. The van der Waals surface area contributed by atoms with Crippen molar-refractivity contribution in [2.24, 2.45) is 0 Å². The van der Waals surface area contributed by atoms with Gasteiger partial charge < -0.3 is 0 Å². The number of halogens is 12. The highest BCUT2D eigenvalue weighted by Crippen LogP contribution is 2.46. The molecule has 0 aliphatic heterocycles. The molecule has 0 aliphatic rings. The lowest BCUT2D eigenvalue weighted by Crippen LogP contribution is -2.24. The molecule has 14 heteroatoms. The van der Waals surface area contributed by atoms with E-state index in [2.05, 4.69) is 0 Å². The van der Waals surface area contributed by atoms with Gasteiger partial charge in [0.05, 0.1) is 22.3 Å².